The average Bonchev–Trinajstić information content (AvgIpc) is 2.66. The first-order valence-electron chi connectivity index (χ1n) is 8.28. The van der Waals surface area contributed by atoms with Crippen LogP contribution in [0.15, 0.2) is 59.5 Å². The zero-order valence-electron chi connectivity index (χ0n) is 15.4. The van der Waals surface area contributed by atoms with Crippen LogP contribution in [-0.2, 0) is 24.3 Å². The van der Waals surface area contributed by atoms with Crippen molar-refractivity contribution in [1.82, 2.24) is 4.31 Å². The summed E-state index contributed by atoms with van der Waals surface area (Å²) in [6, 6.07) is 13.8. The molecule has 8 nitrogen and oxygen atoms in total. The summed E-state index contributed by atoms with van der Waals surface area (Å²) in [5, 5.41) is 2.53. The lowest BCUT2D eigenvalue weighted by molar-refractivity contribution is -0.142. The maximum Gasteiger partial charge on any atom is 0.321 e. The van der Waals surface area contributed by atoms with Crippen molar-refractivity contribution in [1.29, 1.82) is 0 Å². The Morgan fingerprint density at radius 1 is 1.00 bits per heavy atom. The molecule has 0 fully saturated rings. The number of sulfonamides is 1. The van der Waals surface area contributed by atoms with E-state index >= 15 is 0 Å². The van der Waals surface area contributed by atoms with Gasteiger partial charge in [-0.3, -0.25) is 14.4 Å². The van der Waals surface area contributed by atoms with Gasteiger partial charge in [0.15, 0.2) is 12.4 Å². The number of nitrogens with one attached hydrogen (secondary N) is 1. The van der Waals surface area contributed by atoms with E-state index in [-0.39, 0.29) is 16.6 Å². The number of hydrogen-bond acceptors (Lipinski definition) is 6. The Balaban J connectivity index is 1.94. The van der Waals surface area contributed by atoms with Crippen molar-refractivity contribution >= 4 is 33.4 Å². The number of rotatable bonds is 8. The number of anilines is 1. The molecule has 0 saturated heterocycles. The van der Waals surface area contributed by atoms with Crippen molar-refractivity contribution < 1.29 is 27.5 Å². The normalized spacial score (nSPS) is 11.1. The Hall–Kier alpha value is -3.04. The SMILES string of the molecule is CC(=O)Nc1ccc(S(=O)(=O)N(C)CC(=O)OCC(=O)c2ccccc2)cc1. The molecular weight excluding hydrogens is 384 g/mol. The number of esters is 1. The van der Waals surface area contributed by atoms with Gasteiger partial charge >= 0.3 is 5.97 Å². The molecule has 0 bridgehead atoms. The van der Waals surface area contributed by atoms with E-state index in [2.05, 4.69) is 5.32 Å². The van der Waals surface area contributed by atoms with Crippen LogP contribution in [0.2, 0.25) is 0 Å². The smallest absolute Gasteiger partial charge is 0.321 e. The van der Waals surface area contributed by atoms with E-state index in [0.29, 0.717) is 11.3 Å². The lowest BCUT2D eigenvalue weighted by Gasteiger charge is -2.16. The Morgan fingerprint density at radius 2 is 1.61 bits per heavy atom. The second-order valence-electron chi connectivity index (χ2n) is 5.92. The maximum atomic E-state index is 12.5. The quantitative estimate of drug-likeness (QED) is 0.530. The van der Waals surface area contributed by atoms with Crippen molar-refractivity contribution in [3.63, 3.8) is 0 Å². The summed E-state index contributed by atoms with van der Waals surface area (Å²) in [6.45, 7) is 0.326. The minimum Gasteiger partial charge on any atom is -0.456 e. The van der Waals surface area contributed by atoms with Gasteiger partial charge < -0.3 is 10.1 Å². The molecule has 148 valence electrons. The second kappa shape index (κ2) is 9.25. The van der Waals surface area contributed by atoms with Gasteiger partial charge in [-0.25, -0.2) is 8.42 Å². The van der Waals surface area contributed by atoms with Gasteiger partial charge in [0.1, 0.15) is 6.54 Å². The molecular formula is C19H20N2O6S. The van der Waals surface area contributed by atoms with Crippen LogP contribution in [0, 0.1) is 0 Å². The van der Waals surface area contributed by atoms with Crippen LogP contribution in [0.1, 0.15) is 17.3 Å². The highest BCUT2D eigenvalue weighted by molar-refractivity contribution is 7.89. The van der Waals surface area contributed by atoms with Gasteiger partial charge in [-0.1, -0.05) is 30.3 Å². The van der Waals surface area contributed by atoms with Crippen LogP contribution in [0.5, 0.6) is 0 Å². The zero-order valence-corrected chi connectivity index (χ0v) is 16.2. The number of ether oxygens (including phenoxy) is 1. The van der Waals surface area contributed by atoms with E-state index in [9.17, 15) is 22.8 Å². The summed E-state index contributed by atoms with van der Waals surface area (Å²) in [7, 11) is -2.70. The topological polar surface area (TPSA) is 110 Å². The third-order valence-electron chi connectivity index (χ3n) is 3.69. The first-order valence-corrected chi connectivity index (χ1v) is 9.72. The van der Waals surface area contributed by atoms with Gasteiger partial charge in [0.05, 0.1) is 4.90 Å². The Labute approximate surface area is 163 Å². The molecule has 0 atom stereocenters. The van der Waals surface area contributed by atoms with Crippen LogP contribution < -0.4 is 5.32 Å². The highest BCUT2D eigenvalue weighted by atomic mass is 32.2. The average molecular weight is 404 g/mol. The standard InChI is InChI=1S/C19H20N2O6S/c1-14(22)20-16-8-10-17(11-9-16)28(25,26)21(2)12-19(24)27-13-18(23)15-6-4-3-5-7-15/h3-11H,12-13H2,1-2H3,(H,20,22). The third kappa shape index (κ3) is 5.73. The van der Waals surface area contributed by atoms with Crippen molar-refractivity contribution in [2.75, 3.05) is 25.5 Å². The molecule has 0 aliphatic rings. The lowest BCUT2D eigenvalue weighted by atomic mass is 10.1. The number of carbonyl (C=O) groups is 3. The van der Waals surface area contributed by atoms with Crippen LogP contribution in [0.4, 0.5) is 5.69 Å². The molecule has 0 unspecified atom stereocenters. The summed E-state index contributed by atoms with van der Waals surface area (Å²) in [4.78, 5) is 34.8. The fraction of sp³-hybridized carbons (Fsp3) is 0.211. The fourth-order valence-electron chi connectivity index (χ4n) is 2.26. The Kier molecular flexibility index (Phi) is 7.02. The second-order valence-corrected chi connectivity index (χ2v) is 7.96. The van der Waals surface area contributed by atoms with Gasteiger partial charge in [0.2, 0.25) is 15.9 Å². The van der Waals surface area contributed by atoms with Crippen LogP contribution in [0.25, 0.3) is 0 Å². The maximum absolute atomic E-state index is 12.5. The molecule has 0 radical (unpaired) electrons. The predicted molar refractivity (Wildman–Crippen MR) is 102 cm³/mol. The number of nitrogens with zero attached hydrogens (tertiary/aromatic N) is 1. The molecule has 2 aromatic carbocycles. The zero-order chi connectivity index (χ0) is 20.7. The monoisotopic (exact) mass is 404 g/mol. The molecule has 2 rings (SSSR count). The molecule has 1 amide bonds. The summed E-state index contributed by atoms with van der Waals surface area (Å²) in [5.74, 6) is -1.50. The molecule has 9 heteroatoms. The van der Waals surface area contributed by atoms with Crippen LogP contribution in [-0.4, -0.2) is 50.6 Å². The lowest BCUT2D eigenvalue weighted by Crippen LogP contribution is -2.33. The third-order valence-corrected chi connectivity index (χ3v) is 5.51. The Bertz CT molecular complexity index is 956. The number of ketones is 1. The van der Waals surface area contributed by atoms with Crippen molar-refractivity contribution in [3.8, 4) is 0 Å². The number of likely N-dealkylation sites (N-methyl/N-ethyl adjacent to an activating group) is 1. The molecule has 28 heavy (non-hydrogen) atoms. The number of carbonyl (C=O) groups excluding carboxylic acids is 3. The predicted octanol–water partition coefficient (Wildman–Crippen LogP) is 1.69. The van der Waals surface area contributed by atoms with Crippen LogP contribution in [0.3, 0.4) is 0 Å². The van der Waals surface area contributed by atoms with Gasteiger partial charge in [-0.15, -0.1) is 0 Å². The first kappa shape index (κ1) is 21.3. The highest BCUT2D eigenvalue weighted by Gasteiger charge is 2.24. The molecule has 0 aliphatic heterocycles. The van der Waals surface area contributed by atoms with E-state index in [0.717, 1.165) is 4.31 Å². The molecule has 0 aromatic heterocycles. The van der Waals surface area contributed by atoms with Gasteiger partial charge in [-0.2, -0.15) is 4.31 Å². The fourth-order valence-corrected chi connectivity index (χ4v) is 3.37. The molecule has 0 heterocycles. The van der Waals surface area contributed by atoms with Gasteiger partial charge in [0, 0.05) is 25.2 Å². The van der Waals surface area contributed by atoms with E-state index in [1.807, 2.05) is 0 Å². The first-order chi connectivity index (χ1) is 13.2. The van der Waals surface area contributed by atoms with Crippen LogP contribution >= 0.6 is 0 Å². The van der Waals surface area contributed by atoms with Crippen molar-refractivity contribution in [2.24, 2.45) is 0 Å². The van der Waals surface area contributed by atoms with E-state index in [4.69, 9.17) is 4.74 Å². The summed E-state index contributed by atoms with van der Waals surface area (Å²) in [5.41, 5.74) is 0.850. The largest absolute Gasteiger partial charge is 0.456 e. The number of benzene rings is 2. The highest BCUT2D eigenvalue weighted by Crippen LogP contribution is 2.17. The minimum absolute atomic E-state index is 0.0442. The minimum atomic E-state index is -3.94. The van der Waals surface area contributed by atoms with Crippen molar-refractivity contribution in [2.45, 2.75) is 11.8 Å². The van der Waals surface area contributed by atoms with E-state index < -0.39 is 29.1 Å². The molecule has 0 spiro atoms. The molecule has 0 saturated carbocycles. The number of amides is 1. The van der Waals surface area contributed by atoms with Gasteiger partial charge in [-0.05, 0) is 24.3 Å². The van der Waals surface area contributed by atoms with E-state index in [1.54, 1.807) is 30.3 Å². The van der Waals surface area contributed by atoms with Crippen molar-refractivity contribution in [3.05, 3.63) is 60.2 Å². The van der Waals surface area contributed by atoms with Gasteiger partial charge in [0.25, 0.3) is 0 Å². The van der Waals surface area contributed by atoms with E-state index in [1.165, 1.54) is 38.2 Å². The summed E-state index contributed by atoms with van der Waals surface area (Å²) >= 11 is 0. The molecule has 2 aromatic rings. The number of Topliss-reactive ketones (excluding diaryl/α,β-unsaturated/α-hetero) is 1. The summed E-state index contributed by atoms with van der Waals surface area (Å²) in [6.07, 6.45) is 0. The Morgan fingerprint density at radius 3 is 2.18 bits per heavy atom. The summed E-state index contributed by atoms with van der Waals surface area (Å²) < 4.78 is 30.8. The molecule has 1 N–H and O–H groups in total. The molecule has 0 aliphatic carbocycles. The number of hydrogen-bond donors (Lipinski definition) is 1.